The fourth-order valence-corrected chi connectivity index (χ4v) is 2.97. The molecule has 0 spiro atoms. The van der Waals surface area contributed by atoms with Gasteiger partial charge in [0.2, 0.25) is 5.82 Å². The van der Waals surface area contributed by atoms with Crippen LogP contribution in [-0.2, 0) is 13.2 Å². The van der Waals surface area contributed by atoms with Crippen molar-refractivity contribution in [3.05, 3.63) is 66.1 Å². The van der Waals surface area contributed by atoms with Gasteiger partial charge in [-0.15, -0.1) is 5.10 Å². The van der Waals surface area contributed by atoms with E-state index in [1.165, 1.54) is 23.3 Å². The highest BCUT2D eigenvalue weighted by Gasteiger charge is 2.38. The minimum Gasteiger partial charge on any atom is -0.264 e. The van der Waals surface area contributed by atoms with E-state index in [9.17, 15) is 22.4 Å². The zero-order valence-corrected chi connectivity index (χ0v) is 14.8. The minimum absolute atomic E-state index is 0.0881. The third kappa shape index (κ3) is 3.30. The molecule has 0 aliphatic heterocycles. The number of aryl methyl sites for hydroxylation is 1. The predicted molar refractivity (Wildman–Crippen MR) is 94.8 cm³/mol. The molecule has 29 heavy (non-hydrogen) atoms. The molecule has 0 atom stereocenters. The summed E-state index contributed by atoms with van der Waals surface area (Å²) in [4.78, 5) is 20.4. The number of alkyl halides is 3. The molecule has 0 aliphatic rings. The number of nitrogens with zero attached hydrogens (tertiary/aromatic N) is 5. The van der Waals surface area contributed by atoms with Crippen molar-refractivity contribution in [2.45, 2.75) is 6.18 Å². The summed E-state index contributed by atoms with van der Waals surface area (Å²) in [6.45, 7) is 0. The Balaban J connectivity index is 1.92. The lowest BCUT2D eigenvalue weighted by molar-refractivity contribution is -0.139. The first-order valence-electron chi connectivity index (χ1n) is 8.25. The molecule has 3 heterocycles. The molecule has 3 aromatic heterocycles. The van der Waals surface area contributed by atoms with E-state index in [0.717, 1.165) is 22.9 Å². The van der Waals surface area contributed by atoms with Crippen molar-refractivity contribution in [2.75, 3.05) is 5.43 Å². The fraction of sp³-hybridized carbons (Fsp3) is 0.111. The van der Waals surface area contributed by atoms with Crippen LogP contribution in [0.1, 0.15) is 16.2 Å². The van der Waals surface area contributed by atoms with E-state index in [0.29, 0.717) is 5.39 Å². The summed E-state index contributed by atoms with van der Waals surface area (Å²) in [5, 5.41) is 4.32. The molecule has 0 aliphatic carbocycles. The molecule has 0 fully saturated rings. The topological polar surface area (TPSA) is 77.6 Å². The van der Waals surface area contributed by atoms with E-state index in [2.05, 4.69) is 20.5 Å². The van der Waals surface area contributed by atoms with Crippen molar-refractivity contribution < 1.29 is 22.4 Å². The zero-order valence-electron chi connectivity index (χ0n) is 14.8. The molecule has 0 saturated carbocycles. The average Bonchev–Trinajstić information content (AvgIpc) is 3.25. The third-order valence-electron chi connectivity index (χ3n) is 4.15. The molecule has 1 aromatic carbocycles. The first-order valence-corrected chi connectivity index (χ1v) is 8.25. The van der Waals surface area contributed by atoms with Crippen LogP contribution in [0.25, 0.3) is 22.3 Å². The van der Waals surface area contributed by atoms with Crippen LogP contribution in [0.4, 0.5) is 17.6 Å². The van der Waals surface area contributed by atoms with Crippen LogP contribution in [0, 0.1) is 5.82 Å². The smallest absolute Gasteiger partial charge is 0.264 e. The Kier molecular flexibility index (Phi) is 4.29. The minimum atomic E-state index is -4.94. The van der Waals surface area contributed by atoms with E-state index in [-0.39, 0.29) is 17.2 Å². The molecule has 0 unspecified atom stereocenters. The standard InChI is InChI=1S/C18H12F4N6O/c1-27-9-24-15(25-27)17(29)26-28-13(8-10-4-3-7-23-16(10)28)11-5-2-6-12(19)14(11)18(20,21)22/h2-9H,1H3,(H,26,29). The molecule has 0 radical (unpaired) electrons. The molecule has 0 saturated heterocycles. The van der Waals surface area contributed by atoms with Crippen LogP contribution in [0.2, 0.25) is 0 Å². The van der Waals surface area contributed by atoms with Crippen LogP contribution in [0.5, 0.6) is 0 Å². The van der Waals surface area contributed by atoms with E-state index in [1.807, 2.05) is 0 Å². The summed E-state index contributed by atoms with van der Waals surface area (Å²) in [6.07, 6.45) is -2.22. The molecule has 148 valence electrons. The monoisotopic (exact) mass is 404 g/mol. The molecular formula is C18H12F4N6O. The average molecular weight is 404 g/mol. The first-order chi connectivity index (χ1) is 13.8. The fourth-order valence-electron chi connectivity index (χ4n) is 2.97. The summed E-state index contributed by atoms with van der Waals surface area (Å²) < 4.78 is 57.1. The SMILES string of the molecule is Cn1cnc(C(=O)Nn2c(-c3cccc(F)c3C(F)(F)F)cc3cccnc32)n1. The number of carbonyl (C=O) groups is 1. The highest BCUT2D eigenvalue weighted by atomic mass is 19.4. The summed E-state index contributed by atoms with van der Waals surface area (Å²) in [5.74, 6) is -2.37. The normalized spacial score (nSPS) is 11.8. The molecule has 0 bridgehead atoms. The molecule has 11 heteroatoms. The lowest BCUT2D eigenvalue weighted by Gasteiger charge is -2.16. The lowest BCUT2D eigenvalue weighted by atomic mass is 10.0. The molecular weight excluding hydrogens is 392 g/mol. The van der Waals surface area contributed by atoms with Crippen LogP contribution in [0.3, 0.4) is 0 Å². The second kappa shape index (κ2) is 6.69. The van der Waals surface area contributed by atoms with Crippen LogP contribution < -0.4 is 5.43 Å². The van der Waals surface area contributed by atoms with E-state index in [4.69, 9.17) is 0 Å². The number of hydrogen-bond donors (Lipinski definition) is 1. The van der Waals surface area contributed by atoms with Crippen molar-refractivity contribution in [2.24, 2.45) is 7.05 Å². The van der Waals surface area contributed by atoms with Gasteiger partial charge in [-0.2, -0.15) is 13.2 Å². The van der Waals surface area contributed by atoms with E-state index >= 15 is 0 Å². The van der Waals surface area contributed by atoms with Gasteiger partial charge in [0.25, 0.3) is 0 Å². The number of fused-ring (bicyclic) bond motifs is 1. The van der Waals surface area contributed by atoms with Crippen molar-refractivity contribution in [3.63, 3.8) is 0 Å². The van der Waals surface area contributed by atoms with Gasteiger partial charge in [0.15, 0.2) is 5.65 Å². The Bertz CT molecular complexity index is 1230. The zero-order chi connectivity index (χ0) is 20.8. The Morgan fingerprint density at radius 3 is 2.62 bits per heavy atom. The van der Waals surface area contributed by atoms with Crippen molar-refractivity contribution in [3.8, 4) is 11.3 Å². The van der Waals surface area contributed by atoms with Gasteiger partial charge in [0.05, 0.1) is 5.69 Å². The molecule has 1 amide bonds. The number of pyridine rings is 1. The van der Waals surface area contributed by atoms with Gasteiger partial charge in [-0.3, -0.25) is 14.9 Å². The highest BCUT2D eigenvalue weighted by Crippen LogP contribution is 2.39. The Hall–Kier alpha value is -3.76. The van der Waals surface area contributed by atoms with Crippen molar-refractivity contribution >= 4 is 16.9 Å². The number of aromatic nitrogens is 5. The maximum absolute atomic E-state index is 14.1. The number of amides is 1. The number of nitrogens with one attached hydrogen (secondary N) is 1. The largest absolute Gasteiger partial charge is 0.419 e. The van der Waals surface area contributed by atoms with Crippen LogP contribution in [-0.4, -0.2) is 30.3 Å². The van der Waals surface area contributed by atoms with Crippen molar-refractivity contribution in [1.82, 2.24) is 24.4 Å². The van der Waals surface area contributed by atoms with E-state index < -0.39 is 29.0 Å². The van der Waals surface area contributed by atoms with Gasteiger partial charge in [-0.25, -0.2) is 19.0 Å². The first kappa shape index (κ1) is 18.6. The Labute approximate surface area is 160 Å². The predicted octanol–water partition coefficient (Wildman–Crippen LogP) is 3.37. The maximum Gasteiger partial charge on any atom is 0.419 e. The van der Waals surface area contributed by atoms with Gasteiger partial charge < -0.3 is 0 Å². The van der Waals surface area contributed by atoms with E-state index in [1.54, 1.807) is 19.2 Å². The van der Waals surface area contributed by atoms with Crippen molar-refractivity contribution in [1.29, 1.82) is 0 Å². The molecule has 7 nitrogen and oxygen atoms in total. The second-order valence-electron chi connectivity index (χ2n) is 6.12. The summed E-state index contributed by atoms with van der Waals surface area (Å²) in [5.41, 5.74) is 0.667. The molecule has 4 rings (SSSR count). The van der Waals surface area contributed by atoms with Gasteiger partial charge >= 0.3 is 12.1 Å². The third-order valence-corrected chi connectivity index (χ3v) is 4.15. The van der Waals surface area contributed by atoms with Gasteiger partial charge in [0.1, 0.15) is 17.7 Å². The number of rotatable bonds is 3. The Morgan fingerprint density at radius 2 is 1.93 bits per heavy atom. The summed E-state index contributed by atoms with van der Waals surface area (Å²) >= 11 is 0. The summed E-state index contributed by atoms with van der Waals surface area (Å²) in [6, 6.07) is 7.61. The maximum atomic E-state index is 14.1. The second-order valence-corrected chi connectivity index (χ2v) is 6.12. The number of benzene rings is 1. The van der Waals surface area contributed by atoms with Gasteiger partial charge in [-0.1, -0.05) is 12.1 Å². The van der Waals surface area contributed by atoms with Crippen LogP contribution >= 0.6 is 0 Å². The summed E-state index contributed by atoms with van der Waals surface area (Å²) in [7, 11) is 1.56. The number of hydrogen-bond acceptors (Lipinski definition) is 4. The van der Waals surface area contributed by atoms with Gasteiger partial charge in [0, 0.05) is 24.2 Å². The molecule has 4 aromatic rings. The molecule has 1 N–H and O–H groups in total. The number of carbonyl (C=O) groups excluding carboxylic acids is 1. The lowest BCUT2D eigenvalue weighted by Crippen LogP contribution is -2.25. The van der Waals surface area contributed by atoms with Gasteiger partial charge in [-0.05, 0) is 24.3 Å². The number of halogens is 4. The Morgan fingerprint density at radius 1 is 1.14 bits per heavy atom. The van der Waals surface area contributed by atoms with Crippen LogP contribution in [0.15, 0.2) is 48.9 Å². The quantitative estimate of drug-likeness (QED) is 0.531. The highest BCUT2D eigenvalue weighted by molar-refractivity contribution is 5.99.